The highest BCUT2D eigenvalue weighted by atomic mass is 32.2. The molecule has 3 aromatic rings. The lowest BCUT2D eigenvalue weighted by molar-refractivity contribution is -0.112. The molecule has 0 radical (unpaired) electrons. The Morgan fingerprint density at radius 1 is 0.580 bits per heavy atom. The first kappa shape index (κ1) is 92.3. The summed E-state index contributed by atoms with van der Waals surface area (Å²) in [6, 6.07) is 28.6. The number of amides is 3. The van der Waals surface area contributed by atoms with Gasteiger partial charge in [0.2, 0.25) is 0 Å². The maximum Gasteiger partial charge on any atom is 0.523 e. The summed E-state index contributed by atoms with van der Waals surface area (Å²) in [5.41, 5.74) is -3.64. The van der Waals surface area contributed by atoms with Crippen molar-refractivity contribution in [2.75, 3.05) is 13.2 Å². The SMILES string of the molecule is CCC1CC(OC(C)(C)C)C1.CCC1CC/C(=C/C(C)(C)C)O1.CCC1CC=C(C(C)(C)OS(=O)(=O)C(F)(F)F)CC1.C[C@@H](CNC(=O)OCc1ccccc1)OC(C)(C)C.C[C@@H](COC(C)(C)C)NC(=O)OCc1ccccc1.C[C@H](OC(C)(C)C)[C@@H](C)NC(=O)OCc1ccccc1. The van der Waals surface area contributed by atoms with E-state index >= 15 is 0 Å². The molecule has 3 aromatic carbocycles. The Kier molecular flexibility index (Phi) is 40.7. The normalized spacial score (nSPS) is 18.8. The van der Waals surface area contributed by atoms with Gasteiger partial charge in [-0.05, 0) is 215 Å². The molecule has 2 fully saturated rings. The molecule has 17 nitrogen and oxygen atoms in total. The number of allylic oxidation sites excluding steroid dienone is 3. The van der Waals surface area contributed by atoms with Crippen molar-refractivity contribution >= 4 is 28.4 Å². The van der Waals surface area contributed by atoms with E-state index in [-0.39, 0.29) is 71.9 Å². The van der Waals surface area contributed by atoms with E-state index < -0.39 is 39.5 Å². The number of ether oxygens (including phenoxy) is 8. The summed E-state index contributed by atoms with van der Waals surface area (Å²) in [4.78, 5) is 34.8. The van der Waals surface area contributed by atoms with Crippen molar-refractivity contribution < 1.29 is 78.1 Å². The van der Waals surface area contributed by atoms with Crippen LogP contribution in [0.1, 0.15) is 247 Å². The molecule has 1 heterocycles. The standard InChI is InChI=1S/C16H25NO3.2C15H23NO3.C12H19F3O3S.C11H20O.C10H20O/c1-12(13(2)20-16(3,4)5)17-15(18)19-11-14-9-7-6-8-10-14;1-12(10-19-15(2,3)4)16-14(17)18-11-13-8-6-5-7-9-13;1-12(19-15(2,3)4)10-16-14(17)18-11-13-8-6-5-7-9-13;1-4-9-5-7-10(8-6-9)11(2,3)18-19(16,17)12(13,14)15;1-5-9-6-7-10(12-9)8-11(2,3)4;1-5-8-6-9(7-8)11-10(2,3)4/h6-10,12-13H,11H2,1-5H3,(H,17,18);2*5-9,12H,10-11H2,1-4H3,(H,16,17);7,9H,4-6,8H2,1-3H3;8-9H,5-7H2,1-4H3;8-9H,5-7H2,1-4H3/b;;;;10-8-;/t12-,13+;2*12-;;;/m100.../s1. The molecule has 3 amide bonds. The van der Waals surface area contributed by atoms with Crippen LogP contribution in [0.4, 0.5) is 27.6 Å². The second kappa shape index (κ2) is 44.1. The Labute approximate surface area is 601 Å². The summed E-state index contributed by atoms with van der Waals surface area (Å²) in [5.74, 6) is 2.66. The fourth-order valence-corrected chi connectivity index (χ4v) is 10.8. The largest absolute Gasteiger partial charge is 0.523 e. The lowest BCUT2D eigenvalue weighted by atomic mass is 9.80. The minimum Gasteiger partial charge on any atom is -0.495 e. The number of nitrogens with one attached hydrogen (secondary N) is 3. The lowest BCUT2D eigenvalue weighted by Gasteiger charge is -2.38. The van der Waals surface area contributed by atoms with Crippen LogP contribution in [0.15, 0.2) is 114 Å². The number of hydrogen-bond acceptors (Lipinski definition) is 14. The van der Waals surface area contributed by atoms with E-state index in [1.165, 1.54) is 45.3 Å². The smallest absolute Gasteiger partial charge is 0.495 e. The van der Waals surface area contributed by atoms with Crippen molar-refractivity contribution in [2.24, 2.45) is 17.3 Å². The number of carbonyl (C=O) groups is 3. The van der Waals surface area contributed by atoms with Crippen LogP contribution < -0.4 is 16.0 Å². The van der Waals surface area contributed by atoms with Gasteiger partial charge in [0, 0.05) is 13.0 Å². The summed E-state index contributed by atoms with van der Waals surface area (Å²) >= 11 is 0. The minimum atomic E-state index is -5.56. The van der Waals surface area contributed by atoms with Gasteiger partial charge in [-0.2, -0.15) is 21.6 Å². The van der Waals surface area contributed by atoms with Crippen molar-refractivity contribution in [3.8, 4) is 0 Å². The lowest BCUT2D eigenvalue weighted by Crippen LogP contribution is -2.43. The quantitative estimate of drug-likeness (QED) is 0.0371. The van der Waals surface area contributed by atoms with Gasteiger partial charge in [-0.1, -0.05) is 151 Å². The van der Waals surface area contributed by atoms with Gasteiger partial charge in [0.1, 0.15) is 25.4 Å². The van der Waals surface area contributed by atoms with Crippen LogP contribution >= 0.6 is 0 Å². The highest BCUT2D eigenvalue weighted by molar-refractivity contribution is 7.87. The number of benzene rings is 3. The number of hydrogen-bond donors (Lipinski definition) is 3. The van der Waals surface area contributed by atoms with E-state index in [4.69, 9.17) is 37.9 Å². The molecule has 0 aromatic heterocycles. The Morgan fingerprint density at radius 2 is 1.04 bits per heavy atom. The summed E-state index contributed by atoms with van der Waals surface area (Å²) < 4.78 is 107. The molecular formula is C79H130F3N3O14S. The van der Waals surface area contributed by atoms with E-state index in [9.17, 15) is 36.0 Å². The van der Waals surface area contributed by atoms with Crippen LogP contribution in [-0.2, 0) is 72.0 Å². The third-order valence-electron chi connectivity index (χ3n) is 15.3. The molecule has 1 saturated carbocycles. The van der Waals surface area contributed by atoms with E-state index in [1.807, 2.05) is 187 Å². The molecule has 0 spiro atoms. The first-order valence-electron chi connectivity index (χ1n) is 35.7. The predicted molar refractivity (Wildman–Crippen MR) is 395 cm³/mol. The molecule has 0 bridgehead atoms. The fraction of sp³-hybridized carbons (Fsp3) is 0.684. The van der Waals surface area contributed by atoms with Gasteiger partial charge in [0.05, 0.1) is 71.3 Å². The molecule has 1 saturated heterocycles. The summed E-state index contributed by atoms with van der Waals surface area (Å²) in [6.45, 7) is 49.5. The Hall–Kier alpha value is -5.71. The van der Waals surface area contributed by atoms with Crippen LogP contribution in [0.5, 0.6) is 0 Å². The maximum atomic E-state index is 12.3. The molecule has 2 unspecified atom stereocenters. The first-order chi connectivity index (χ1) is 46.0. The van der Waals surface area contributed by atoms with E-state index in [1.54, 1.807) is 0 Å². The molecule has 1 aliphatic heterocycles. The van der Waals surface area contributed by atoms with Gasteiger partial charge >= 0.3 is 33.9 Å². The molecule has 100 heavy (non-hydrogen) atoms. The van der Waals surface area contributed by atoms with Crippen molar-refractivity contribution in [1.82, 2.24) is 16.0 Å². The molecule has 3 N–H and O–H groups in total. The van der Waals surface area contributed by atoms with Crippen LogP contribution in [0, 0.1) is 17.3 Å². The molecule has 21 heteroatoms. The molecule has 2 aliphatic carbocycles. The number of alkyl halides is 3. The Balaban J connectivity index is 0.000000607. The van der Waals surface area contributed by atoms with Gasteiger partial charge in [0.15, 0.2) is 0 Å². The minimum absolute atomic E-state index is 0.0516. The summed E-state index contributed by atoms with van der Waals surface area (Å²) in [5, 5.41) is 8.21. The van der Waals surface area contributed by atoms with Crippen LogP contribution in [0.2, 0.25) is 0 Å². The Morgan fingerprint density at radius 3 is 1.42 bits per heavy atom. The Bertz CT molecular complexity index is 2930. The molecule has 3 aliphatic rings. The molecule has 6 rings (SSSR count). The molecule has 6 atom stereocenters. The predicted octanol–water partition coefficient (Wildman–Crippen LogP) is 20.0. The van der Waals surface area contributed by atoms with Gasteiger partial charge in [-0.25, -0.2) is 14.4 Å². The third kappa shape index (κ3) is 45.3. The van der Waals surface area contributed by atoms with Gasteiger partial charge in [-0.15, -0.1) is 0 Å². The number of halogens is 3. The maximum absolute atomic E-state index is 12.3. The highest BCUT2D eigenvalue weighted by Gasteiger charge is 2.51. The van der Waals surface area contributed by atoms with Crippen molar-refractivity contribution in [3.63, 3.8) is 0 Å². The highest BCUT2D eigenvalue weighted by Crippen LogP contribution is 2.38. The number of rotatable bonds is 22. The first-order valence-corrected chi connectivity index (χ1v) is 37.1. The summed E-state index contributed by atoms with van der Waals surface area (Å²) in [7, 11) is -5.56. The fourth-order valence-electron chi connectivity index (χ4n) is 10.1. The zero-order chi connectivity index (χ0) is 76.4. The van der Waals surface area contributed by atoms with Crippen LogP contribution in [0.3, 0.4) is 0 Å². The van der Waals surface area contributed by atoms with Crippen molar-refractivity contribution in [2.45, 2.75) is 320 Å². The monoisotopic (exact) mass is 1430 g/mol. The average molecular weight is 1430 g/mol. The molecular weight excluding hydrogens is 1300 g/mol. The van der Waals surface area contributed by atoms with Crippen molar-refractivity contribution in [3.05, 3.63) is 131 Å². The zero-order valence-electron chi connectivity index (χ0n) is 65.3. The summed E-state index contributed by atoms with van der Waals surface area (Å²) in [6.07, 6.45) is 14.2. The number of carbonyl (C=O) groups excluding carboxylic acids is 3. The van der Waals surface area contributed by atoms with Crippen molar-refractivity contribution in [1.29, 1.82) is 0 Å². The second-order valence-electron chi connectivity index (χ2n) is 31.5. The van der Waals surface area contributed by atoms with Gasteiger partial charge in [-0.3, -0.25) is 4.18 Å². The van der Waals surface area contributed by atoms with Gasteiger partial charge in [0.25, 0.3) is 0 Å². The van der Waals surface area contributed by atoms with Crippen LogP contribution in [-0.4, -0.2) is 110 Å². The van der Waals surface area contributed by atoms with Crippen LogP contribution in [0.25, 0.3) is 0 Å². The second-order valence-corrected chi connectivity index (χ2v) is 33.0. The molecule has 572 valence electrons. The topological polar surface area (TPSA) is 205 Å². The van der Waals surface area contributed by atoms with Gasteiger partial charge < -0.3 is 53.8 Å². The van der Waals surface area contributed by atoms with E-state index in [0.29, 0.717) is 43.3 Å². The average Bonchev–Trinajstić information content (AvgIpc) is 0.947. The zero-order valence-corrected chi connectivity index (χ0v) is 66.1. The van der Waals surface area contributed by atoms with E-state index in [0.717, 1.165) is 54.7 Å². The third-order valence-corrected chi connectivity index (χ3v) is 16.5. The van der Waals surface area contributed by atoms with E-state index in [2.05, 4.69) is 88.5 Å². The number of alkyl carbamates (subject to hydrolysis) is 3.